The van der Waals surface area contributed by atoms with Gasteiger partial charge in [0.25, 0.3) is 0 Å². The van der Waals surface area contributed by atoms with Crippen molar-refractivity contribution in [1.29, 1.82) is 0 Å². The van der Waals surface area contributed by atoms with E-state index < -0.39 is 49.5 Å². The third kappa shape index (κ3) is 58.7. The summed E-state index contributed by atoms with van der Waals surface area (Å²) in [6.45, 7) is 3.70. The molecule has 536 valence electrons. The van der Waals surface area contributed by atoms with Crippen LogP contribution in [0.5, 0.6) is 0 Å². The third-order valence-corrected chi connectivity index (χ3v) is 18.7. The van der Waals surface area contributed by atoms with Crippen LogP contribution >= 0.6 is 0 Å². The van der Waals surface area contributed by atoms with Crippen LogP contribution in [0.1, 0.15) is 380 Å². The second-order valence-electron chi connectivity index (χ2n) is 27.5. The van der Waals surface area contributed by atoms with Crippen LogP contribution in [-0.4, -0.2) is 87.5 Å². The lowest BCUT2D eigenvalue weighted by Gasteiger charge is -2.40. The molecule has 0 aliphatic carbocycles. The van der Waals surface area contributed by atoms with Gasteiger partial charge in [0, 0.05) is 6.42 Å². The van der Waals surface area contributed by atoms with Gasteiger partial charge in [0.15, 0.2) is 6.29 Å². The maximum atomic E-state index is 13.2. The van der Waals surface area contributed by atoms with Gasteiger partial charge in [-0.05, 0) is 77.0 Å². The molecule has 9 nitrogen and oxygen atoms in total. The van der Waals surface area contributed by atoms with Gasteiger partial charge in [-0.15, -0.1) is 0 Å². The largest absolute Gasteiger partial charge is 0.394 e. The average Bonchev–Trinajstić information content (AvgIpc) is 1.00. The van der Waals surface area contributed by atoms with Gasteiger partial charge >= 0.3 is 0 Å². The molecule has 1 amide bonds. The molecule has 7 unspecified atom stereocenters. The smallest absolute Gasteiger partial charge is 0.220 e. The Balaban J connectivity index is 2.08. The molecule has 0 radical (unpaired) electrons. The molecule has 1 fully saturated rings. The maximum Gasteiger partial charge on any atom is 0.220 e. The molecule has 7 atom stereocenters. The SMILES string of the molecule is CC/C=C\C/C=C\C/C=C\C/C=C\C/C=C\CCCCCCCCCCCCCCCCCCCCCCCC(=O)NC(COC1OC(CO)C(O)C(O)C1O)C(O)/C=C/CC/C=C/CCCCCCCCCCCCCCCCCCCCCCCCCCCC. The summed E-state index contributed by atoms with van der Waals surface area (Å²) in [4.78, 5) is 13.2. The maximum absolute atomic E-state index is 13.2. The van der Waals surface area contributed by atoms with E-state index in [1.807, 2.05) is 6.08 Å². The topological polar surface area (TPSA) is 149 Å². The molecule has 1 rings (SSSR count). The molecule has 92 heavy (non-hydrogen) atoms. The van der Waals surface area contributed by atoms with E-state index in [4.69, 9.17) is 9.47 Å². The minimum Gasteiger partial charge on any atom is -0.394 e. The van der Waals surface area contributed by atoms with Crippen molar-refractivity contribution in [3.05, 3.63) is 85.1 Å². The number of hydrogen-bond donors (Lipinski definition) is 6. The van der Waals surface area contributed by atoms with Crippen LogP contribution in [-0.2, 0) is 14.3 Å². The van der Waals surface area contributed by atoms with Crippen molar-refractivity contribution in [1.82, 2.24) is 5.32 Å². The fraction of sp³-hybridized carbons (Fsp3) is 0.819. The summed E-state index contributed by atoms with van der Waals surface area (Å²) in [6.07, 6.45) is 95.9. The van der Waals surface area contributed by atoms with Gasteiger partial charge in [-0.3, -0.25) is 4.79 Å². The Labute approximate surface area is 569 Å². The Bertz CT molecular complexity index is 1740. The monoisotopic (exact) mass is 1290 g/mol. The number of ether oxygens (including phenoxy) is 2. The fourth-order valence-electron chi connectivity index (χ4n) is 12.6. The first kappa shape index (κ1) is 87.4. The zero-order chi connectivity index (χ0) is 66.4. The van der Waals surface area contributed by atoms with E-state index in [0.29, 0.717) is 6.42 Å². The summed E-state index contributed by atoms with van der Waals surface area (Å²) < 4.78 is 11.3. The minimum absolute atomic E-state index is 0.181. The Hall–Kier alpha value is -2.63. The van der Waals surface area contributed by atoms with Crippen LogP contribution < -0.4 is 5.32 Å². The molecule has 0 aromatic heterocycles. The first-order valence-electron chi connectivity index (χ1n) is 39.8. The van der Waals surface area contributed by atoms with Crippen LogP contribution in [0.25, 0.3) is 0 Å². The standard InChI is InChI=1S/C83H151NO8/c1-3-5-7-9-11-13-15-17-19-21-23-25-27-29-31-33-35-37-38-39-40-41-43-45-47-49-51-53-55-57-59-61-63-65-67-69-71-73-79(87)84-76(75-91-83-82(90)81(89)80(88)78(74-85)92-83)77(86)72-70-68-66-64-62-60-58-56-54-52-50-48-46-44-42-36-34-32-30-28-26-24-22-20-18-16-14-12-10-8-6-4-2/h5,7,11,13,17,19,23,25,29,31,62,64,70,72,76-78,80-83,85-86,88-90H,3-4,6,8-10,12,14-16,18,20-22,24,26-28,30,32-61,63,65-69,71,73-75H2,1-2H3,(H,84,87)/b7-5-,13-11-,19-17-,25-23-,31-29-,64-62+,72-70+. The predicted molar refractivity (Wildman–Crippen MR) is 396 cm³/mol. The number of aliphatic hydroxyl groups excluding tert-OH is 5. The molecule has 6 N–H and O–H groups in total. The number of nitrogens with one attached hydrogen (secondary N) is 1. The predicted octanol–water partition coefficient (Wildman–Crippen LogP) is 22.8. The summed E-state index contributed by atoms with van der Waals surface area (Å²) in [7, 11) is 0. The van der Waals surface area contributed by atoms with E-state index in [1.54, 1.807) is 6.08 Å². The number of amides is 1. The summed E-state index contributed by atoms with van der Waals surface area (Å²) >= 11 is 0. The first-order chi connectivity index (χ1) is 45.3. The molecule has 1 heterocycles. The van der Waals surface area contributed by atoms with Gasteiger partial charge < -0.3 is 40.3 Å². The zero-order valence-electron chi connectivity index (χ0n) is 60.3. The zero-order valence-corrected chi connectivity index (χ0v) is 60.3. The number of rotatable bonds is 70. The van der Waals surface area contributed by atoms with Gasteiger partial charge in [-0.25, -0.2) is 0 Å². The number of carbonyl (C=O) groups is 1. The van der Waals surface area contributed by atoms with Crippen molar-refractivity contribution < 1.29 is 39.8 Å². The van der Waals surface area contributed by atoms with Crippen LogP contribution in [0, 0.1) is 0 Å². The number of hydrogen-bond acceptors (Lipinski definition) is 8. The molecule has 1 saturated heterocycles. The van der Waals surface area contributed by atoms with Gasteiger partial charge in [0.2, 0.25) is 5.91 Å². The molecule has 0 saturated carbocycles. The van der Waals surface area contributed by atoms with Crippen LogP contribution in [0.3, 0.4) is 0 Å². The second-order valence-corrected chi connectivity index (χ2v) is 27.5. The fourth-order valence-corrected chi connectivity index (χ4v) is 12.6. The van der Waals surface area contributed by atoms with Crippen molar-refractivity contribution in [2.24, 2.45) is 0 Å². The molecule has 1 aliphatic heterocycles. The van der Waals surface area contributed by atoms with Gasteiger partial charge in [-0.1, -0.05) is 381 Å². The van der Waals surface area contributed by atoms with Crippen LogP contribution in [0.15, 0.2) is 85.1 Å². The molecule has 0 aromatic carbocycles. The Morgan fingerprint density at radius 3 is 1.04 bits per heavy atom. The summed E-state index contributed by atoms with van der Waals surface area (Å²) in [6, 6.07) is -0.826. The van der Waals surface area contributed by atoms with Crippen LogP contribution in [0.2, 0.25) is 0 Å². The molecule has 1 aliphatic rings. The van der Waals surface area contributed by atoms with E-state index in [0.717, 1.165) is 70.6 Å². The lowest BCUT2D eigenvalue weighted by molar-refractivity contribution is -0.302. The van der Waals surface area contributed by atoms with Crippen molar-refractivity contribution in [3.63, 3.8) is 0 Å². The van der Waals surface area contributed by atoms with E-state index >= 15 is 0 Å². The quantitative estimate of drug-likeness (QED) is 0.0261. The summed E-state index contributed by atoms with van der Waals surface area (Å²) in [5, 5.41) is 54.9. The van der Waals surface area contributed by atoms with Gasteiger partial charge in [-0.2, -0.15) is 0 Å². The second kappa shape index (κ2) is 71.2. The minimum atomic E-state index is -1.58. The summed E-state index contributed by atoms with van der Waals surface area (Å²) in [5.41, 5.74) is 0. The van der Waals surface area contributed by atoms with Crippen LogP contribution in [0.4, 0.5) is 0 Å². The molecule has 0 bridgehead atoms. The van der Waals surface area contributed by atoms with Crippen molar-refractivity contribution in [2.45, 2.75) is 423 Å². The highest BCUT2D eigenvalue weighted by Gasteiger charge is 2.44. The van der Waals surface area contributed by atoms with E-state index in [9.17, 15) is 30.3 Å². The highest BCUT2D eigenvalue weighted by molar-refractivity contribution is 5.76. The Morgan fingerprint density at radius 2 is 0.685 bits per heavy atom. The molecular formula is C83H151NO8. The Morgan fingerprint density at radius 1 is 0.380 bits per heavy atom. The number of allylic oxidation sites excluding steroid dienone is 13. The van der Waals surface area contributed by atoms with Crippen molar-refractivity contribution in [2.75, 3.05) is 13.2 Å². The van der Waals surface area contributed by atoms with Gasteiger partial charge in [0.05, 0.1) is 25.4 Å². The number of aliphatic hydroxyl groups is 5. The molecular weight excluding hydrogens is 1140 g/mol. The molecule has 0 aromatic rings. The summed E-state index contributed by atoms with van der Waals surface area (Å²) in [5.74, 6) is -0.181. The number of unbranched alkanes of at least 4 members (excludes halogenated alkanes) is 48. The van der Waals surface area contributed by atoms with E-state index in [1.165, 1.54) is 289 Å². The van der Waals surface area contributed by atoms with Gasteiger partial charge in [0.1, 0.15) is 24.4 Å². The Kier molecular flexibility index (Phi) is 67.6. The highest BCUT2D eigenvalue weighted by atomic mass is 16.7. The molecule has 9 heteroatoms. The van der Waals surface area contributed by atoms with E-state index in [-0.39, 0.29) is 12.5 Å². The number of carbonyl (C=O) groups excluding carboxylic acids is 1. The highest BCUT2D eigenvalue weighted by Crippen LogP contribution is 2.24. The lowest BCUT2D eigenvalue weighted by Crippen LogP contribution is -2.60. The van der Waals surface area contributed by atoms with E-state index in [2.05, 4.69) is 92.1 Å². The normalized spacial score (nSPS) is 18.1. The first-order valence-corrected chi connectivity index (χ1v) is 39.8. The average molecular weight is 1290 g/mol. The van der Waals surface area contributed by atoms with Crippen molar-refractivity contribution in [3.8, 4) is 0 Å². The third-order valence-electron chi connectivity index (χ3n) is 18.7. The lowest BCUT2D eigenvalue weighted by atomic mass is 9.99. The van der Waals surface area contributed by atoms with Crippen molar-refractivity contribution >= 4 is 5.91 Å². The molecule has 0 spiro atoms.